The van der Waals surface area contributed by atoms with Gasteiger partial charge >= 0.3 is 0 Å². The SMILES string of the molecule is C[C@]1(O)O[C@@H]2OCC[C@@H]2C2=C1C(=O)c1ccccc1C2=O. The van der Waals surface area contributed by atoms with E-state index in [9.17, 15) is 14.7 Å². The van der Waals surface area contributed by atoms with Crippen molar-refractivity contribution in [3.63, 3.8) is 0 Å². The van der Waals surface area contributed by atoms with Crippen molar-refractivity contribution in [1.82, 2.24) is 0 Å². The van der Waals surface area contributed by atoms with Crippen molar-refractivity contribution in [2.45, 2.75) is 25.4 Å². The maximum absolute atomic E-state index is 12.8. The van der Waals surface area contributed by atoms with Gasteiger partial charge in [-0.15, -0.1) is 0 Å². The number of fused-ring (bicyclic) bond motifs is 3. The van der Waals surface area contributed by atoms with Crippen LogP contribution in [0.3, 0.4) is 0 Å². The minimum Gasteiger partial charge on any atom is -0.362 e. The third kappa shape index (κ3) is 1.62. The molecule has 0 spiro atoms. The Kier molecular flexibility index (Phi) is 2.52. The van der Waals surface area contributed by atoms with Gasteiger partial charge in [0.15, 0.2) is 23.6 Å². The van der Waals surface area contributed by atoms with E-state index in [1.165, 1.54) is 6.92 Å². The second-order valence-corrected chi connectivity index (χ2v) is 5.73. The molecule has 1 N–H and O–H groups in total. The fraction of sp³-hybridized carbons (Fsp3) is 0.375. The maximum Gasteiger partial charge on any atom is 0.196 e. The summed E-state index contributed by atoms with van der Waals surface area (Å²) < 4.78 is 10.9. The normalized spacial score (nSPS) is 34.6. The summed E-state index contributed by atoms with van der Waals surface area (Å²) in [7, 11) is 0. The predicted molar refractivity (Wildman–Crippen MR) is 71.7 cm³/mol. The van der Waals surface area contributed by atoms with Crippen LogP contribution in [0.1, 0.15) is 34.1 Å². The molecule has 4 rings (SSSR count). The molecule has 21 heavy (non-hydrogen) atoms. The Morgan fingerprint density at radius 2 is 1.86 bits per heavy atom. The number of carbonyl (C=O) groups is 2. The lowest BCUT2D eigenvalue weighted by molar-refractivity contribution is -0.265. The van der Waals surface area contributed by atoms with Crippen LogP contribution in [0.2, 0.25) is 0 Å². The third-order valence-corrected chi connectivity index (χ3v) is 4.38. The molecule has 0 radical (unpaired) electrons. The van der Waals surface area contributed by atoms with Crippen LogP contribution in [0.4, 0.5) is 0 Å². The first-order valence-corrected chi connectivity index (χ1v) is 6.95. The zero-order valence-corrected chi connectivity index (χ0v) is 11.5. The van der Waals surface area contributed by atoms with Crippen LogP contribution in [0.5, 0.6) is 0 Å². The second kappa shape index (κ2) is 4.10. The topological polar surface area (TPSA) is 72.8 Å². The van der Waals surface area contributed by atoms with Gasteiger partial charge in [-0.2, -0.15) is 0 Å². The molecule has 2 heterocycles. The zero-order chi connectivity index (χ0) is 14.8. The number of rotatable bonds is 0. The average molecular weight is 286 g/mol. The van der Waals surface area contributed by atoms with Gasteiger partial charge in [0.25, 0.3) is 0 Å². The van der Waals surface area contributed by atoms with Crippen molar-refractivity contribution < 1.29 is 24.2 Å². The van der Waals surface area contributed by atoms with Gasteiger partial charge in [0, 0.05) is 22.6 Å². The van der Waals surface area contributed by atoms with Crippen molar-refractivity contribution >= 4 is 11.6 Å². The van der Waals surface area contributed by atoms with Crippen molar-refractivity contribution in [3.8, 4) is 0 Å². The highest BCUT2D eigenvalue weighted by molar-refractivity contribution is 6.27. The van der Waals surface area contributed by atoms with Crippen molar-refractivity contribution in [1.29, 1.82) is 0 Å². The molecule has 0 saturated carbocycles. The predicted octanol–water partition coefficient (Wildman–Crippen LogP) is 1.46. The summed E-state index contributed by atoms with van der Waals surface area (Å²) in [5, 5.41) is 10.5. The number of ether oxygens (including phenoxy) is 2. The van der Waals surface area contributed by atoms with E-state index in [2.05, 4.69) is 0 Å². The zero-order valence-electron chi connectivity index (χ0n) is 11.5. The third-order valence-electron chi connectivity index (χ3n) is 4.38. The lowest BCUT2D eigenvalue weighted by atomic mass is 9.74. The Morgan fingerprint density at radius 3 is 2.57 bits per heavy atom. The summed E-state index contributed by atoms with van der Waals surface area (Å²) in [6.07, 6.45) is -0.0541. The Labute approximate surface area is 121 Å². The van der Waals surface area contributed by atoms with Gasteiger partial charge in [0.1, 0.15) is 0 Å². The summed E-state index contributed by atoms with van der Waals surface area (Å²) in [6, 6.07) is 6.69. The molecule has 5 heteroatoms. The lowest BCUT2D eigenvalue weighted by Gasteiger charge is -2.40. The van der Waals surface area contributed by atoms with Crippen LogP contribution < -0.4 is 0 Å². The Bertz CT molecular complexity index is 700. The standard InChI is InChI=1S/C16H14O5/c1-16(19)12-11(10-6-7-20-15(10)21-16)13(17)8-4-2-3-5-9(8)14(12)18/h2-5,10,15,19H,6-7H2,1H3/t10-,15+,16+/m1/s1. The number of Topliss-reactive ketones (excluding diaryl/α,β-unsaturated/α-hetero) is 2. The molecule has 1 saturated heterocycles. The van der Waals surface area contributed by atoms with E-state index in [1.807, 2.05) is 0 Å². The maximum atomic E-state index is 12.8. The summed E-state index contributed by atoms with van der Waals surface area (Å²) in [5.74, 6) is -2.63. The fourth-order valence-corrected chi connectivity index (χ4v) is 3.45. The largest absolute Gasteiger partial charge is 0.362 e. The highest BCUT2D eigenvalue weighted by Crippen LogP contribution is 2.46. The molecule has 0 unspecified atom stereocenters. The van der Waals surface area contributed by atoms with Gasteiger partial charge in [-0.1, -0.05) is 24.3 Å². The molecule has 2 aliphatic heterocycles. The number of ketones is 2. The first-order valence-electron chi connectivity index (χ1n) is 6.95. The molecule has 1 aromatic rings. The van der Waals surface area contributed by atoms with E-state index in [1.54, 1.807) is 24.3 Å². The van der Waals surface area contributed by atoms with Crippen molar-refractivity contribution in [3.05, 3.63) is 46.5 Å². The smallest absolute Gasteiger partial charge is 0.196 e. The van der Waals surface area contributed by atoms with Crippen molar-refractivity contribution in [2.75, 3.05) is 6.61 Å². The summed E-state index contributed by atoms with van der Waals surface area (Å²) >= 11 is 0. The van der Waals surface area contributed by atoms with Crippen LogP contribution in [0, 0.1) is 5.92 Å². The highest BCUT2D eigenvalue weighted by atomic mass is 16.7. The van der Waals surface area contributed by atoms with E-state index in [-0.39, 0.29) is 23.1 Å². The molecule has 1 aliphatic carbocycles. The van der Waals surface area contributed by atoms with E-state index < -0.39 is 12.1 Å². The minimum absolute atomic E-state index is 0.0675. The summed E-state index contributed by atoms with van der Waals surface area (Å²) in [4.78, 5) is 25.5. The second-order valence-electron chi connectivity index (χ2n) is 5.73. The molecule has 5 nitrogen and oxygen atoms in total. The molecule has 108 valence electrons. The average Bonchev–Trinajstić information content (AvgIpc) is 2.90. The Hall–Kier alpha value is -1.82. The number of benzene rings is 1. The quantitative estimate of drug-likeness (QED) is 0.781. The summed E-state index contributed by atoms with van der Waals surface area (Å²) in [5.41, 5.74) is 1.14. The number of aliphatic hydroxyl groups is 1. The van der Waals surface area contributed by atoms with Crippen LogP contribution in [-0.2, 0) is 9.47 Å². The molecular formula is C16H14O5. The number of hydrogen-bond acceptors (Lipinski definition) is 5. The first kappa shape index (κ1) is 12.9. The molecule has 3 atom stereocenters. The van der Waals surface area contributed by atoms with E-state index in [4.69, 9.17) is 9.47 Å². The van der Waals surface area contributed by atoms with Gasteiger partial charge in [-0.25, -0.2) is 0 Å². The van der Waals surface area contributed by atoms with E-state index in [0.29, 0.717) is 29.7 Å². The van der Waals surface area contributed by atoms with Gasteiger partial charge in [-0.05, 0) is 13.3 Å². The Balaban J connectivity index is 1.98. The minimum atomic E-state index is -1.80. The fourth-order valence-electron chi connectivity index (χ4n) is 3.45. The molecular weight excluding hydrogens is 272 g/mol. The summed E-state index contributed by atoms with van der Waals surface area (Å²) in [6.45, 7) is 1.84. The molecule has 3 aliphatic rings. The molecule has 0 bridgehead atoms. The van der Waals surface area contributed by atoms with Gasteiger partial charge < -0.3 is 14.6 Å². The van der Waals surface area contributed by atoms with Gasteiger partial charge in [-0.3, -0.25) is 9.59 Å². The molecule has 1 aromatic carbocycles. The monoisotopic (exact) mass is 286 g/mol. The van der Waals surface area contributed by atoms with E-state index >= 15 is 0 Å². The Morgan fingerprint density at radius 1 is 1.19 bits per heavy atom. The molecule has 0 aromatic heterocycles. The van der Waals surface area contributed by atoms with E-state index in [0.717, 1.165) is 0 Å². The van der Waals surface area contributed by atoms with Gasteiger partial charge in [0.2, 0.25) is 0 Å². The number of hydrogen-bond donors (Lipinski definition) is 1. The van der Waals surface area contributed by atoms with Crippen LogP contribution in [0.15, 0.2) is 35.4 Å². The van der Waals surface area contributed by atoms with Crippen LogP contribution >= 0.6 is 0 Å². The van der Waals surface area contributed by atoms with Gasteiger partial charge in [0.05, 0.1) is 12.2 Å². The van der Waals surface area contributed by atoms with Crippen LogP contribution in [-0.4, -0.2) is 35.4 Å². The molecule has 0 amide bonds. The van der Waals surface area contributed by atoms with Crippen LogP contribution in [0.25, 0.3) is 0 Å². The number of carbonyl (C=O) groups excluding carboxylic acids is 2. The molecule has 1 fully saturated rings. The first-order chi connectivity index (χ1) is 10.0. The van der Waals surface area contributed by atoms with Crippen molar-refractivity contribution in [2.24, 2.45) is 5.92 Å². The lowest BCUT2D eigenvalue weighted by Crippen LogP contribution is -2.49. The highest BCUT2D eigenvalue weighted by Gasteiger charge is 2.53.